The van der Waals surface area contributed by atoms with Gasteiger partial charge in [0.2, 0.25) is 5.75 Å². The van der Waals surface area contributed by atoms with Crippen molar-refractivity contribution in [2.24, 2.45) is 5.10 Å². The molecule has 2 rings (SSSR count). The molecule has 0 saturated heterocycles. The molecule has 25 heavy (non-hydrogen) atoms. The van der Waals surface area contributed by atoms with Crippen LogP contribution in [-0.4, -0.2) is 38.1 Å². The molecule has 2 aromatic carbocycles. The molecular weight excluding hydrogens is 348 g/mol. The fourth-order valence-electron chi connectivity index (χ4n) is 1.88. The Kier molecular flexibility index (Phi) is 6.47. The largest absolute Gasteiger partial charge is 0.502 e. The minimum absolute atomic E-state index is 0.109. The maximum absolute atomic E-state index is 11.7. The summed E-state index contributed by atoms with van der Waals surface area (Å²) in [7, 11) is 2.84. The van der Waals surface area contributed by atoms with Crippen LogP contribution in [0.4, 0.5) is 0 Å². The number of hydrazone groups is 1. The second-order valence-corrected chi connectivity index (χ2v) is 5.25. The zero-order valence-electron chi connectivity index (χ0n) is 13.7. The molecule has 132 valence electrons. The first-order chi connectivity index (χ1) is 12.0. The number of ether oxygens (including phenoxy) is 3. The third kappa shape index (κ3) is 5.29. The van der Waals surface area contributed by atoms with Crippen molar-refractivity contribution >= 4 is 23.7 Å². The molecule has 0 aliphatic carbocycles. The summed E-state index contributed by atoms with van der Waals surface area (Å²) in [6, 6.07) is 9.76. The van der Waals surface area contributed by atoms with E-state index in [9.17, 15) is 9.90 Å². The highest BCUT2D eigenvalue weighted by molar-refractivity contribution is 6.30. The van der Waals surface area contributed by atoms with Crippen molar-refractivity contribution in [1.82, 2.24) is 5.43 Å². The van der Waals surface area contributed by atoms with E-state index in [1.807, 2.05) is 0 Å². The molecule has 0 radical (unpaired) electrons. The molecule has 0 aliphatic heterocycles. The number of benzene rings is 2. The number of phenolic OH excluding ortho intramolecular Hbond substituents is 1. The zero-order chi connectivity index (χ0) is 18.2. The summed E-state index contributed by atoms with van der Waals surface area (Å²) in [6.45, 7) is -0.193. The summed E-state index contributed by atoms with van der Waals surface area (Å²) < 4.78 is 15.4. The maximum atomic E-state index is 11.7. The van der Waals surface area contributed by atoms with Crippen LogP contribution in [-0.2, 0) is 4.79 Å². The molecule has 2 aromatic rings. The standard InChI is InChI=1S/C17H17ClN2O5/c1-23-14-7-11(8-15(24-2)17(14)22)9-19-20-16(21)10-25-13-5-3-12(18)4-6-13/h3-9,22H,10H2,1-2H3,(H,20,21). The second kappa shape index (κ2) is 8.79. The number of nitrogens with zero attached hydrogens (tertiary/aromatic N) is 1. The molecule has 0 aliphatic rings. The Bertz CT molecular complexity index is 737. The van der Waals surface area contributed by atoms with Gasteiger partial charge in [0.05, 0.1) is 20.4 Å². The number of methoxy groups -OCH3 is 2. The number of amides is 1. The van der Waals surface area contributed by atoms with Crippen molar-refractivity contribution in [2.45, 2.75) is 0 Å². The normalized spacial score (nSPS) is 10.5. The highest BCUT2D eigenvalue weighted by Gasteiger charge is 2.10. The van der Waals surface area contributed by atoms with Crippen LogP contribution >= 0.6 is 11.6 Å². The number of halogens is 1. The van der Waals surface area contributed by atoms with E-state index in [2.05, 4.69) is 10.5 Å². The first kappa shape index (κ1) is 18.4. The predicted octanol–water partition coefficient (Wildman–Crippen LogP) is 2.59. The third-order valence-electron chi connectivity index (χ3n) is 3.09. The van der Waals surface area contributed by atoms with E-state index in [0.717, 1.165) is 0 Å². The number of carbonyl (C=O) groups excluding carboxylic acids is 1. The molecule has 2 N–H and O–H groups in total. The molecule has 1 amide bonds. The number of nitrogens with one attached hydrogen (secondary N) is 1. The number of phenols is 1. The van der Waals surface area contributed by atoms with Crippen LogP contribution in [0.25, 0.3) is 0 Å². The first-order valence-electron chi connectivity index (χ1n) is 7.18. The van der Waals surface area contributed by atoms with Crippen molar-refractivity contribution in [3.8, 4) is 23.0 Å². The fraction of sp³-hybridized carbons (Fsp3) is 0.176. The van der Waals surface area contributed by atoms with Gasteiger partial charge in [-0.25, -0.2) is 5.43 Å². The molecule has 0 spiro atoms. The van der Waals surface area contributed by atoms with Crippen molar-refractivity contribution < 1.29 is 24.1 Å². The lowest BCUT2D eigenvalue weighted by Gasteiger charge is -2.09. The van der Waals surface area contributed by atoms with Gasteiger partial charge in [-0.1, -0.05) is 11.6 Å². The maximum Gasteiger partial charge on any atom is 0.277 e. The van der Waals surface area contributed by atoms with Crippen LogP contribution in [0.1, 0.15) is 5.56 Å². The Morgan fingerprint density at radius 2 is 1.80 bits per heavy atom. The minimum Gasteiger partial charge on any atom is -0.502 e. The lowest BCUT2D eigenvalue weighted by atomic mass is 10.2. The Morgan fingerprint density at radius 1 is 1.20 bits per heavy atom. The monoisotopic (exact) mass is 364 g/mol. The van der Waals surface area contributed by atoms with Crippen LogP contribution in [0.5, 0.6) is 23.0 Å². The van der Waals surface area contributed by atoms with Gasteiger partial charge in [-0.05, 0) is 36.4 Å². The summed E-state index contributed by atoms with van der Waals surface area (Å²) in [5.41, 5.74) is 2.91. The van der Waals surface area contributed by atoms with Crippen molar-refractivity contribution in [3.05, 3.63) is 47.0 Å². The van der Waals surface area contributed by atoms with E-state index in [1.54, 1.807) is 36.4 Å². The van der Waals surface area contributed by atoms with Gasteiger partial charge in [0.1, 0.15) is 5.75 Å². The summed E-state index contributed by atoms with van der Waals surface area (Å²) >= 11 is 5.77. The predicted molar refractivity (Wildman–Crippen MR) is 93.9 cm³/mol. The van der Waals surface area contributed by atoms with Crippen molar-refractivity contribution in [1.29, 1.82) is 0 Å². The Hall–Kier alpha value is -2.93. The highest BCUT2D eigenvalue weighted by atomic mass is 35.5. The third-order valence-corrected chi connectivity index (χ3v) is 3.34. The van der Waals surface area contributed by atoms with E-state index in [-0.39, 0.29) is 23.9 Å². The van der Waals surface area contributed by atoms with Gasteiger partial charge < -0.3 is 19.3 Å². The molecule has 0 fully saturated rings. The number of hydrogen-bond donors (Lipinski definition) is 2. The van der Waals surface area contributed by atoms with Crippen LogP contribution in [0.2, 0.25) is 5.02 Å². The fourth-order valence-corrected chi connectivity index (χ4v) is 2.01. The Morgan fingerprint density at radius 3 is 2.36 bits per heavy atom. The first-order valence-corrected chi connectivity index (χ1v) is 7.56. The van der Waals surface area contributed by atoms with E-state index in [0.29, 0.717) is 16.3 Å². The summed E-state index contributed by atoms with van der Waals surface area (Å²) in [4.78, 5) is 11.7. The van der Waals surface area contributed by atoms with Crippen LogP contribution < -0.4 is 19.6 Å². The van der Waals surface area contributed by atoms with Crippen LogP contribution in [0, 0.1) is 0 Å². The molecule has 0 atom stereocenters. The molecule has 0 saturated carbocycles. The number of carbonyl (C=O) groups is 1. The highest BCUT2D eigenvalue weighted by Crippen LogP contribution is 2.36. The summed E-state index contributed by atoms with van der Waals surface area (Å²) in [6.07, 6.45) is 1.39. The van der Waals surface area contributed by atoms with Gasteiger partial charge in [0, 0.05) is 10.6 Å². The van der Waals surface area contributed by atoms with Gasteiger partial charge in [0.15, 0.2) is 18.1 Å². The minimum atomic E-state index is -0.427. The Balaban J connectivity index is 1.91. The van der Waals surface area contributed by atoms with Crippen LogP contribution in [0.15, 0.2) is 41.5 Å². The lowest BCUT2D eigenvalue weighted by molar-refractivity contribution is -0.123. The van der Waals surface area contributed by atoms with Gasteiger partial charge in [-0.2, -0.15) is 5.10 Å². The second-order valence-electron chi connectivity index (χ2n) is 4.81. The SMILES string of the molecule is COc1cc(C=NNC(=O)COc2ccc(Cl)cc2)cc(OC)c1O. The number of hydrogen-bond acceptors (Lipinski definition) is 6. The van der Waals surface area contributed by atoms with E-state index in [4.69, 9.17) is 25.8 Å². The van der Waals surface area contributed by atoms with Gasteiger partial charge >= 0.3 is 0 Å². The van der Waals surface area contributed by atoms with Gasteiger partial charge in [-0.3, -0.25) is 4.79 Å². The molecule has 7 nitrogen and oxygen atoms in total. The average Bonchev–Trinajstić information content (AvgIpc) is 2.62. The zero-order valence-corrected chi connectivity index (χ0v) is 14.4. The number of rotatable bonds is 7. The average molecular weight is 365 g/mol. The summed E-state index contributed by atoms with van der Waals surface area (Å²) in [5.74, 6) is 0.458. The molecule has 0 heterocycles. The quantitative estimate of drug-likeness (QED) is 0.582. The van der Waals surface area contributed by atoms with Crippen molar-refractivity contribution in [3.63, 3.8) is 0 Å². The molecule has 8 heteroatoms. The number of aromatic hydroxyl groups is 1. The van der Waals surface area contributed by atoms with E-state index >= 15 is 0 Å². The molecule has 0 aromatic heterocycles. The van der Waals surface area contributed by atoms with Crippen LogP contribution in [0.3, 0.4) is 0 Å². The summed E-state index contributed by atoms with van der Waals surface area (Å²) in [5, 5.41) is 14.2. The molecule has 0 bridgehead atoms. The van der Waals surface area contributed by atoms with E-state index in [1.165, 1.54) is 20.4 Å². The molecular formula is C17H17ClN2O5. The molecule has 0 unspecified atom stereocenters. The van der Waals surface area contributed by atoms with E-state index < -0.39 is 5.91 Å². The van der Waals surface area contributed by atoms with Crippen molar-refractivity contribution in [2.75, 3.05) is 20.8 Å². The van der Waals surface area contributed by atoms with Gasteiger partial charge in [0.25, 0.3) is 5.91 Å². The topological polar surface area (TPSA) is 89.4 Å². The van der Waals surface area contributed by atoms with Gasteiger partial charge in [-0.15, -0.1) is 0 Å². The smallest absolute Gasteiger partial charge is 0.277 e. The lowest BCUT2D eigenvalue weighted by Crippen LogP contribution is -2.24. The Labute approximate surface area is 149 Å².